The topological polar surface area (TPSA) is 97.1 Å². The lowest BCUT2D eigenvalue weighted by Gasteiger charge is -2.33. The Morgan fingerprint density at radius 1 is 1.30 bits per heavy atom. The quantitative estimate of drug-likeness (QED) is 0.684. The molecular formula is C15H18N6O2. The summed E-state index contributed by atoms with van der Waals surface area (Å²) in [5.74, 6) is 0.581. The van der Waals surface area contributed by atoms with Gasteiger partial charge in [-0.3, -0.25) is 15.1 Å². The summed E-state index contributed by atoms with van der Waals surface area (Å²) in [5, 5.41) is 14.6. The predicted molar refractivity (Wildman–Crippen MR) is 86.9 cm³/mol. The van der Waals surface area contributed by atoms with E-state index in [-0.39, 0.29) is 17.5 Å². The lowest BCUT2D eigenvalue weighted by molar-refractivity contribution is -0.383. The molecule has 0 spiro atoms. The minimum Gasteiger partial charge on any atom is -0.348 e. The zero-order chi connectivity index (χ0) is 16.2. The van der Waals surface area contributed by atoms with E-state index in [9.17, 15) is 10.1 Å². The van der Waals surface area contributed by atoms with E-state index in [4.69, 9.17) is 0 Å². The number of aromatic nitrogens is 3. The molecule has 8 nitrogen and oxygen atoms in total. The number of hydrogen-bond acceptors (Lipinski definition) is 7. The number of nitrogens with one attached hydrogen (secondary N) is 1. The molecule has 1 fully saturated rings. The number of hydrogen-bond donors (Lipinski definition) is 1. The lowest BCUT2D eigenvalue weighted by atomic mass is 10.0. The van der Waals surface area contributed by atoms with E-state index in [0.29, 0.717) is 11.5 Å². The number of pyridine rings is 1. The summed E-state index contributed by atoms with van der Waals surface area (Å²) >= 11 is 0. The second-order valence-electron chi connectivity index (χ2n) is 5.55. The maximum absolute atomic E-state index is 11.6. The third kappa shape index (κ3) is 3.20. The van der Waals surface area contributed by atoms with Crippen LogP contribution in [0.5, 0.6) is 0 Å². The monoisotopic (exact) mass is 314 g/mol. The first-order valence-electron chi connectivity index (χ1n) is 7.60. The molecule has 8 heteroatoms. The predicted octanol–water partition coefficient (Wildman–Crippen LogP) is 2.90. The summed E-state index contributed by atoms with van der Waals surface area (Å²) < 4.78 is 0. The molecule has 3 heterocycles. The molecule has 0 saturated carbocycles. The molecule has 0 aromatic carbocycles. The van der Waals surface area contributed by atoms with Crippen molar-refractivity contribution in [3.8, 4) is 0 Å². The van der Waals surface area contributed by atoms with E-state index < -0.39 is 4.92 Å². The van der Waals surface area contributed by atoms with Crippen molar-refractivity contribution in [1.82, 2.24) is 15.0 Å². The fourth-order valence-electron chi connectivity index (χ4n) is 2.82. The Balaban J connectivity index is 2.00. The second-order valence-corrected chi connectivity index (χ2v) is 5.55. The van der Waals surface area contributed by atoms with Crippen LogP contribution in [0.2, 0.25) is 0 Å². The van der Waals surface area contributed by atoms with Crippen molar-refractivity contribution in [2.24, 2.45) is 0 Å². The van der Waals surface area contributed by atoms with Gasteiger partial charge in [0.1, 0.15) is 6.33 Å². The van der Waals surface area contributed by atoms with Crippen molar-refractivity contribution < 1.29 is 4.92 Å². The van der Waals surface area contributed by atoms with E-state index in [1.54, 1.807) is 24.5 Å². The van der Waals surface area contributed by atoms with Crippen LogP contribution >= 0.6 is 0 Å². The van der Waals surface area contributed by atoms with Gasteiger partial charge in [-0.1, -0.05) is 0 Å². The van der Waals surface area contributed by atoms with Gasteiger partial charge in [0.05, 0.1) is 4.92 Å². The Hall–Kier alpha value is -2.77. The number of piperidine rings is 1. The molecule has 1 atom stereocenters. The molecular weight excluding hydrogens is 296 g/mol. The summed E-state index contributed by atoms with van der Waals surface area (Å²) in [5.41, 5.74) is 0.609. The lowest BCUT2D eigenvalue weighted by Crippen LogP contribution is -2.38. The van der Waals surface area contributed by atoms with Crippen LogP contribution in [0.4, 0.5) is 23.0 Å². The average Bonchev–Trinajstić information content (AvgIpc) is 2.56. The molecule has 3 rings (SSSR count). The van der Waals surface area contributed by atoms with Crippen LogP contribution in [-0.2, 0) is 0 Å². The largest absolute Gasteiger partial charge is 0.353 e. The summed E-state index contributed by atoms with van der Waals surface area (Å²) in [7, 11) is 0. The van der Waals surface area contributed by atoms with Crippen molar-refractivity contribution in [1.29, 1.82) is 0 Å². The first-order valence-corrected chi connectivity index (χ1v) is 7.60. The van der Waals surface area contributed by atoms with Gasteiger partial charge in [0, 0.05) is 30.7 Å². The molecule has 1 saturated heterocycles. The zero-order valence-corrected chi connectivity index (χ0v) is 12.8. The molecule has 1 aliphatic rings. The van der Waals surface area contributed by atoms with Crippen molar-refractivity contribution in [3.05, 3.63) is 41.0 Å². The Kier molecular flexibility index (Phi) is 4.31. The minimum absolute atomic E-state index is 0.0851. The second kappa shape index (κ2) is 6.55. The highest BCUT2D eigenvalue weighted by atomic mass is 16.6. The molecule has 23 heavy (non-hydrogen) atoms. The maximum Gasteiger partial charge on any atom is 0.353 e. The van der Waals surface area contributed by atoms with Gasteiger partial charge in [-0.25, -0.2) is 9.97 Å². The average molecular weight is 314 g/mol. The number of nitrogens with zero attached hydrogens (tertiary/aromatic N) is 5. The van der Waals surface area contributed by atoms with Gasteiger partial charge in [-0.2, -0.15) is 0 Å². The highest BCUT2D eigenvalue weighted by molar-refractivity contribution is 5.74. The van der Waals surface area contributed by atoms with E-state index in [1.165, 1.54) is 6.33 Å². The fraction of sp³-hybridized carbons (Fsp3) is 0.400. The molecule has 2 aromatic rings. The standard InChI is InChI=1S/C15H18N6O2/c1-11-4-2-3-9-20(11)15-13(21(22)23)14(17-10-18-15)19-12-5-7-16-8-6-12/h5-8,10-11H,2-4,9H2,1H3,(H,16,17,18,19). The van der Waals surface area contributed by atoms with Gasteiger partial charge in [-0.05, 0) is 38.3 Å². The van der Waals surface area contributed by atoms with Crippen LogP contribution in [0.25, 0.3) is 0 Å². The molecule has 2 aromatic heterocycles. The van der Waals surface area contributed by atoms with Crippen molar-refractivity contribution in [3.63, 3.8) is 0 Å². The van der Waals surface area contributed by atoms with E-state index in [1.807, 2.05) is 4.90 Å². The Labute approximate surface area is 133 Å². The van der Waals surface area contributed by atoms with Gasteiger partial charge >= 0.3 is 5.69 Å². The molecule has 1 aliphatic heterocycles. The van der Waals surface area contributed by atoms with Crippen LogP contribution in [0.1, 0.15) is 26.2 Å². The Bertz CT molecular complexity index is 694. The highest BCUT2D eigenvalue weighted by Gasteiger charge is 2.30. The van der Waals surface area contributed by atoms with Gasteiger partial charge in [0.2, 0.25) is 11.6 Å². The van der Waals surface area contributed by atoms with E-state index in [0.717, 1.165) is 25.8 Å². The highest BCUT2D eigenvalue weighted by Crippen LogP contribution is 2.36. The molecule has 0 bridgehead atoms. The summed E-state index contributed by atoms with van der Waals surface area (Å²) in [6.45, 7) is 2.84. The molecule has 0 amide bonds. The summed E-state index contributed by atoms with van der Waals surface area (Å²) in [4.78, 5) is 25.4. The molecule has 120 valence electrons. The van der Waals surface area contributed by atoms with Gasteiger partial charge in [0.15, 0.2) is 0 Å². The zero-order valence-electron chi connectivity index (χ0n) is 12.8. The van der Waals surface area contributed by atoms with Crippen LogP contribution in [-0.4, -0.2) is 32.5 Å². The van der Waals surface area contributed by atoms with Crippen LogP contribution in [0, 0.1) is 10.1 Å². The minimum atomic E-state index is -0.416. The van der Waals surface area contributed by atoms with Crippen molar-refractivity contribution in [2.45, 2.75) is 32.2 Å². The van der Waals surface area contributed by atoms with Crippen LogP contribution in [0.15, 0.2) is 30.9 Å². The fourth-order valence-corrected chi connectivity index (χ4v) is 2.82. The maximum atomic E-state index is 11.6. The normalized spacial score (nSPS) is 17.8. The molecule has 1 N–H and O–H groups in total. The molecule has 0 radical (unpaired) electrons. The van der Waals surface area contributed by atoms with Gasteiger partial charge < -0.3 is 10.2 Å². The Morgan fingerprint density at radius 3 is 2.78 bits per heavy atom. The third-order valence-electron chi connectivity index (χ3n) is 4.00. The van der Waals surface area contributed by atoms with Gasteiger partial charge in [-0.15, -0.1) is 0 Å². The van der Waals surface area contributed by atoms with Crippen molar-refractivity contribution >= 4 is 23.0 Å². The van der Waals surface area contributed by atoms with E-state index >= 15 is 0 Å². The van der Waals surface area contributed by atoms with Crippen molar-refractivity contribution in [2.75, 3.05) is 16.8 Å². The van der Waals surface area contributed by atoms with Crippen LogP contribution in [0.3, 0.4) is 0 Å². The molecule has 1 unspecified atom stereocenters. The number of rotatable bonds is 4. The summed E-state index contributed by atoms with van der Waals surface area (Å²) in [6.07, 6.45) is 7.75. The first-order chi connectivity index (χ1) is 11.2. The summed E-state index contributed by atoms with van der Waals surface area (Å²) in [6, 6.07) is 3.69. The SMILES string of the molecule is CC1CCCCN1c1ncnc(Nc2ccncc2)c1[N+](=O)[O-]. The van der Waals surface area contributed by atoms with Gasteiger partial charge in [0.25, 0.3) is 0 Å². The number of nitro groups is 1. The first kappa shape index (κ1) is 15.1. The third-order valence-corrected chi connectivity index (χ3v) is 4.00. The number of anilines is 3. The Morgan fingerprint density at radius 2 is 2.09 bits per heavy atom. The van der Waals surface area contributed by atoms with E-state index in [2.05, 4.69) is 27.2 Å². The molecule has 0 aliphatic carbocycles. The van der Waals surface area contributed by atoms with Crippen LogP contribution < -0.4 is 10.2 Å². The smallest absolute Gasteiger partial charge is 0.348 e.